The van der Waals surface area contributed by atoms with Gasteiger partial charge in [-0.15, -0.1) is 0 Å². The molecule has 4 aliphatic rings. The molecule has 16 heterocycles. The van der Waals surface area contributed by atoms with Crippen LogP contribution in [0.1, 0.15) is 236 Å². The third-order valence-electron chi connectivity index (χ3n) is 23.3. The molecule has 1 unspecified atom stereocenters. The van der Waals surface area contributed by atoms with Gasteiger partial charge < -0.3 is 82.3 Å². The average molecular weight is 1950 g/mol. The zero-order valence-corrected chi connectivity index (χ0v) is 87.0. The zero-order valence-electron chi connectivity index (χ0n) is 84.4. The number of hydrogen-bond donors (Lipinski definition) is 2. The van der Waals surface area contributed by atoms with E-state index in [0.717, 1.165) is 193 Å². The number of ether oxygens (including phenoxy) is 7. The number of pyridine rings is 4. The van der Waals surface area contributed by atoms with Crippen molar-refractivity contribution >= 4 is 106 Å². The summed E-state index contributed by atoms with van der Waals surface area (Å²) in [5, 5.41) is 27.9. The average Bonchev–Trinajstić information content (AvgIpc) is 1.60. The number of aromatic nitrogens is 12. The number of rotatable bonds is 22. The number of halogens is 1. The number of carbonyl (C=O) groups is 7. The van der Waals surface area contributed by atoms with Crippen molar-refractivity contribution in [1.29, 1.82) is 0 Å². The van der Waals surface area contributed by atoms with Gasteiger partial charge in [-0.05, 0) is 243 Å². The van der Waals surface area contributed by atoms with E-state index >= 15 is 0 Å². The Morgan fingerprint density at radius 1 is 0.504 bits per heavy atom. The summed E-state index contributed by atoms with van der Waals surface area (Å²) in [7, 11) is -0.313. The number of nitrogens with one attached hydrogen (secondary N) is 1. The second kappa shape index (κ2) is 53.4. The summed E-state index contributed by atoms with van der Waals surface area (Å²) in [6, 6.07) is 23.5. The van der Waals surface area contributed by atoms with Crippen LogP contribution in [0.2, 0.25) is 0 Å². The maximum absolute atomic E-state index is 12.9. The first-order chi connectivity index (χ1) is 62.8. The topological polar surface area (TPSA) is 360 Å². The van der Waals surface area contributed by atoms with Crippen molar-refractivity contribution in [1.82, 2.24) is 71.8 Å². The van der Waals surface area contributed by atoms with Crippen LogP contribution >= 0.6 is 15.9 Å². The number of aliphatic carboxylic acids is 1. The van der Waals surface area contributed by atoms with Crippen LogP contribution in [0, 0.1) is 27.7 Å². The standard InChI is InChI=1S/C24H32N4O3.C24H30N4O3.C19H21N3O3.C14H14BrNO3.C11H19BN2O2.C4H9NO.C2H4O2.CH4.B.Li.Na.H2O.H/c2*1-6-28-22(7-8-25-28)19-13-20-14-21(24(29)31-16(2)3)17(4)23(27(20)15-19)18(5)26-9-11-30-12-10-26;1-5-22-17(7-8-20-22)14-9-15-10-16(19(24)25-6-2)12(3)18(13(4)23)21(15)11-14;1-4-19-14(18)12-6-11-5-10(15)7-16(11)13(8(12)2)9(3)17;1-6-14-9(7-8-13-14)12-15-10(2,3)11(4,5)16-12;1-3-6-4-2-5-1;1-2(3)4;;;;;;/h7-8,13-16,18H,6,9-12H2,1-5H3;7-8,13-16H,5-6,9-12H2,1-4H3;7-11H,5-6H2,1-4H3;5-7H,4H2,1-3H3;7-8H,6H2,1-5H3;5H,1-4H2;1H3,(H,3,4);1H4;;;;1H2;/q;;;;;;;;;2*+1;;-1/p-1. The van der Waals surface area contributed by atoms with Gasteiger partial charge in [0.25, 0.3) is 5.97 Å². The number of fused-ring (bicyclic) bond motifs is 4. The monoisotopic (exact) mass is 1950 g/mol. The summed E-state index contributed by atoms with van der Waals surface area (Å²) in [6.07, 6.45) is 14.8. The van der Waals surface area contributed by atoms with Gasteiger partial charge in [0.2, 0.25) is 0 Å². The Labute approximate surface area is 850 Å². The number of carbonyl (C=O) groups excluding carboxylic acids is 6. The van der Waals surface area contributed by atoms with E-state index < -0.39 is 17.9 Å². The van der Waals surface area contributed by atoms with Crippen LogP contribution in [0.3, 0.4) is 0 Å². The van der Waals surface area contributed by atoms with Crippen LogP contribution in [0.15, 0.2) is 133 Å². The Balaban J connectivity index is 0.000000352. The Morgan fingerprint density at radius 2 is 0.839 bits per heavy atom. The predicted octanol–water partition coefficient (Wildman–Crippen LogP) is 10.1. The van der Waals surface area contributed by atoms with Crippen molar-refractivity contribution in [2.45, 2.75) is 215 Å². The van der Waals surface area contributed by atoms with Gasteiger partial charge in [-0.25, -0.2) is 19.2 Å². The Hall–Kier alpha value is -10.0. The molecule has 4 fully saturated rings. The molecule has 4 saturated heterocycles. The molecule has 0 spiro atoms. The summed E-state index contributed by atoms with van der Waals surface area (Å²) in [5.41, 5.74) is 19.1. The van der Waals surface area contributed by atoms with Crippen LogP contribution < -0.4 is 59.3 Å². The number of morpholine rings is 3. The van der Waals surface area contributed by atoms with Gasteiger partial charge in [-0.1, -0.05) is 14.0 Å². The number of hydrogen-bond acceptors (Lipinski definition) is 24. The van der Waals surface area contributed by atoms with Crippen molar-refractivity contribution in [2.24, 2.45) is 0 Å². The van der Waals surface area contributed by atoms with Gasteiger partial charge in [0, 0.05) is 199 Å². The fraction of sp³-hybridized carbons (Fsp3) is 0.465. The fourth-order valence-electron chi connectivity index (χ4n) is 16.3. The number of Topliss-reactive ketones (excluding diaryl/α,β-unsaturated/α-hetero) is 2. The Kier molecular flexibility index (Phi) is 45.8. The van der Waals surface area contributed by atoms with E-state index in [-0.39, 0.29) is 131 Å². The van der Waals surface area contributed by atoms with Crippen LogP contribution in [-0.4, -0.2) is 250 Å². The molecular weight excluding hydrogens is 1820 g/mol. The van der Waals surface area contributed by atoms with Crippen LogP contribution in [0.4, 0.5) is 0 Å². The van der Waals surface area contributed by atoms with Crippen molar-refractivity contribution in [3.05, 3.63) is 201 Å². The molecule has 3 radical (unpaired) electrons. The molecule has 33 nitrogen and oxygen atoms in total. The zero-order chi connectivity index (χ0) is 96.3. The second-order valence-corrected chi connectivity index (χ2v) is 34.6. The molecule has 0 bridgehead atoms. The Bertz CT molecular complexity index is 6060. The summed E-state index contributed by atoms with van der Waals surface area (Å²) in [5.74, 6) is -2.41. The van der Waals surface area contributed by atoms with E-state index in [0.29, 0.717) is 71.2 Å². The third-order valence-corrected chi connectivity index (χ3v) is 23.8. The summed E-state index contributed by atoms with van der Waals surface area (Å²) >= 11 is 3.38. The number of carboxylic acids is 1. The molecule has 12 aromatic rings. The SMILES string of the molecule is C.C1COCCN1.C=C(c1c(C)c(C(=O)OC(C)C)cc2cc(-c3ccnn3CC)cn12)N1CCOCC1.CC(=O)O.CCOC(=O)c1cc2cc(-c3ccnn3CC)cn2c(C(C)=O)c1C.CCOC(=O)c1cc2cc(Br)cn2c(C(C)=O)c1C.CCn1nccc1-c1cc2cc(C(=O)OC(C)C)c(C)c(C(C)N3CCOCC3)n2c1.CCn1nccc1B1OC(C)(C)C(C)(C)O1.[B].[H-].[Li+].[Na+].[OH-]. The van der Waals surface area contributed by atoms with E-state index in [1.54, 1.807) is 56.6 Å². The van der Waals surface area contributed by atoms with Gasteiger partial charge in [-0.3, -0.25) is 38.0 Å². The molecule has 0 saturated carbocycles. The van der Waals surface area contributed by atoms with Gasteiger partial charge in [0.1, 0.15) is 0 Å². The Morgan fingerprint density at radius 3 is 1.21 bits per heavy atom. The molecule has 0 aliphatic carbocycles. The van der Waals surface area contributed by atoms with E-state index in [4.69, 9.17) is 52.4 Å². The maximum atomic E-state index is 12.9. The molecule has 3 N–H and O–H groups in total. The largest absolute Gasteiger partial charge is 1.00 e. The number of aryl methyl sites for hydroxylation is 4. The first kappa shape index (κ1) is 117. The van der Waals surface area contributed by atoms with Gasteiger partial charge >= 0.3 is 79.4 Å². The molecule has 0 aromatic carbocycles. The van der Waals surface area contributed by atoms with Crippen molar-refractivity contribution < 1.29 is 136 Å². The second-order valence-electron chi connectivity index (χ2n) is 33.7. The van der Waals surface area contributed by atoms with Crippen molar-refractivity contribution in [3.8, 4) is 33.8 Å². The van der Waals surface area contributed by atoms with Crippen LogP contribution in [0.5, 0.6) is 0 Å². The molecule has 729 valence electrons. The minimum atomic E-state index is -0.833. The maximum Gasteiger partial charge on any atom is 1.00 e. The molecule has 0 amide bonds. The normalized spacial score (nSPS) is 14.3. The van der Waals surface area contributed by atoms with Crippen molar-refractivity contribution in [2.75, 3.05) is 92.1 Å². The molecule has 4 aliphatic heterocycles. The van der Waals surface area contributed by atoms with Crippen molar-refractivity contribution in [3.63, 3.8) is 0 Å². The molecule has 12 aromatic heterocycles. The van der Waals surface area contributed by atoms with E-state index in [9.17, 15) is 28.8 Å². The summed E-state index contributed by atoms with van der Waals surface area (Å²) in [6.45, 7) is 59.4. The smallest absolute Gasteiger partial charge is 1.00 e. The quantitative estimate of drug-likeness (QED) is 0.0275. The number of ketones is 2. The van der Waals surface area contributed by atoms with Gasteiger partial charge in [-0.2, -0.15) is 20.4 Å². The first-order valence-electron chi connectivity index (χ1n) is 45.2. The molecular formula is C99H135B2BrLiN15NaO18. The van der Waals surface area contributed by atoms with Gasteiger partial charge in [0.05, 0.1) is 144 Å². The molecule has 137 heavy (non-hydrogen) atoms. The predicted molar refractivity (Wildman–Crippen MR) is 528 cm³/mol. The number of esters is 4. The fourth-order valence-corrected chi connectivity index (χ4v) is 16.7. The molecule has 1 atom stereocenters. The third kappa shape index (κ3) is 28.4. The number of nitrogens with zero attached hydrogens (tertiary/aromatic N) is 14. The van der Waals surface area contributed by atoms with E-state index in [2.05, 4.69) is 147 Å². The van der Waals surface area contributed by atoms with Crippen LogP contribution in [0.25, 0.3) is 61.5 Å². The number of carboxylic acid groups (broad SMARTS) is 1. The molecule has 38 heteroatoms. The minimum Gasteiger partial charge on any atom is -1.00 e. The van der Waals surface area contributed by atoms with E-state index in [1.165, 1.54) is 13.8 Å². The molecule has 16 rings (SSSR count). The van der Waals surface area contributed by atoms with Gasteiger partial charge in [0.15, 0.2) is 11.6 Å². The summed E-state index contributed by atoms with van der Waals surface area (Å²) < 4.78 is 65.9. The van der Waals surface area contributed by atoms with E-state index in [1.807, 2.05) is 145 Å². The minimum absolute atomic E-state index is 0. The summed E-state index contributed by atoms with van der Waals surface area (Å²) in [4.78, 5) is 87.7. The van der Waals surface area contributed by atoms with Crippen LogP contribution in [-0.2, 0) is 73.4 Å². The first-order valence-corrected chi connectivity index (χ1v) is 46.0.